The Kier molecular flexibility index (Phi) is 4.25. The molecule has 21 heavy (non-hydrogen) atoms. The van der Waals surface area contributed by atoms with Gasteiger partial charge in [0.05, 0.1) is 11.6 Å². The normalized spacial score (nSPS) is 28.4. The molecule has 2 saturated carbocycles. The average molecular weight is 352 g/mol. The van der Waals surface area contributed by atoms with E-state index >= 15 is 0 Å². The second-order valence-electron chi connectivity index (χ2n) is 6.45. The third-order valence-corrected chi connectivity index (χ3v) is 5.83. The molecule has 0 saturated heterocycles. The zero-order chi connectivity index (χ0) is 15.0. The number of fused-ring (bicyclic) bond motifs is 2. The number of amides is 1. The van der Waals surface area contributed by atoms with Crippen LogP contribution in [0.25, 0.3) is 0 Å². The largest absolute Gasteiger partial charge is 0.496 e. The van der Waals surface area contributed by atoms with E-state index in [0.717, 1.165) is 22.1 Å². The third kappa shape index (κ3) is 2.96. The van der Waals surface area contributed by atoms with Gasteiger partial charge in [0.1, 0.15) is 5.75 Å². The zero-order valence-electron chi connectivity index (χ0n) is 12.6. The summed E-state index contributed by atoms with van der Waals surface area (Å²) in [6.07, 6.45) is 5.41. The van der Waals surface area contributed by atoms with Crippen molar-refractivity contribution in [1.29, 1.82) is 0 Å². The highest BCUT2D eigenvalue weighted by Gasteiger charge is 2.42. The Balaban J connectivity index is 1.64. The predicted molar refractivity (Wildman–Crippen MR) is 86.6 cm³/mol. The van der Waals surface area contributed by atoms with Crippen molar-refractivity contribution in [3.8, 4) is 5.75 Å². The predicted octanol–water partition coefficient (Wildman–Crippen LogP) is 4.01. The molecule has 2 aliphatic rings. The van der Waals surface area contributed by atoms with Crippen molar-refractivity contribution in [3.63, 3.8) is 0 Å². The lowest BCUT2D eigenvalue weighted by molar-refractivity contribution is 0.0915. The van der Waals surface area contributed by atoms with Gasteiger partial charge in [-0.15, -0.1) is 0 Å². The molecular formula is C17H22BrNO2. The van der Waals surface area contributed by atoms with E-state index in [9.17, 15) is 4.79 Å². The van der Waals surface area contributed by atoms with Gasteiger partial charge in [0.2, 0.25) is 0 Å². The van der Waals surface area contributed by atoms with Crippen molar-refractivity contribution in [3.05, 3.63) is 28.2 Å². The van der Waals surface area contributed by atoms with E-state index in [1.807, 2.05) is 18.2 Å². The Morgan fingerprint density at radius 1 is 1.38 bits per heavy atom. The van der Waals surface area contributed by atoms with Gasteiger partial charge in [0, 0.05) is 11.6 Å². The second kappa shape index (κ2) is 5.99. The number of ether oxygens (including phenoxy) is 1. The van der Waals surface area contributed by atoms with Crippen molar-refractivity contribution in [2.24, 2.45) is 17.8 Å². The Morgan fingerprint density at radius 2 is 2.19 bits per heavy atom. The average Bonchev–Trinajstić information content (AvgIpc) is 3.09. The lowest BCUT2D eigenvalue weighted by Crippen LogP contribution is -2.40. The highest BCUT2D eigenvalue weighted by molar-refractivity contribution is 9.10. The summed E-state index contributed by atoms with van der Waals surface area (Å²) < 4.78 is 6.01. The van der Waals surface area contributed by atoms with Gasteiger partial charge in [0.15, 0.2) is 0 Å². The fourth-order valence-corrected chi connectivity index (χ4v) is 4.65. The number of carbonyl (C=O) groups excluding carboxylic acids is 1. The molecule has 0 aliphatic heterocycles. The molecule has 0 aromatic heterocycles. The minimum Gasteiger partial charge on any atom is -0.496 e. The molecule has 3 nitrogen and oxygen atoms in total. The van der Waals surface area contributed by atoms with E-state index < -0.39 is 0 Å². The van der Waals surface area contributed by atoms with Gasteiger partial charge in [-0.05, 0) is 78.1 Å². The first kappa shape index (κ1) is 14.9. The number of rotatable bonds is 4. The maximum absolute atomic E-state index is 12.4. The molecule has 4 unspecified atom stereocenters. The molecule has 0 spiro atoms. The summed E-state index contributed by atoms with van der Waals surface area (Å²) in [5.74, 6) is 3.15. The van der Waals surface area contributed by atoms with Crippen LogP contribution < -0.4 is 10.1 Å². The van der Waals surface area contributed by atoms with E-state index in [1.165, 1.54) is 25.7 Å². The lowest BCUT2D eigenvalue weighted by Gasteiger charge is -2.28. The van der Waals surface area contributed by atoms with Crippen molar-refractivity contribution in [1.82, 2.24) is 5.32 Å². The Bertz CT molecular complexity index is 546. The van der Waals surface area contributed by atoms with Gasteiger partial charge < -0.3 is 10.1 Å². The number of hydrogen-bond donors (Lipinski definition) is 1. The third-order valence-electron chi connectivity index (χ3n) is 5.21. The molecule has 0 radical (unpaired) electrons. The monoisotopic (exact) mass is 351 g/mol. The van der Waals surface area contributed by atoms with Crippen LogP contribution in [0.2, 0.25) is 0 Å². The molecule has 3 rings (SSSR count). The first-order valence-corrected chi connectivity index (χ1v) is 8.52. The summed E-state index contributed by atoms with van der Waals surface area (Å²) in [6.45, 7) is 2.15. The van der Waals surface area contributed by atoms with Crippen LogP contribution in [-0.4, -0.2) is 19.1 Å². The summed E-state index contributed by atoms with van der Waals surface area (Å²) in [4.78, 5) is 12.4. The molecular weight excluding hydrogens is 330 g/mol. The summed E-state index contributed by atoms with van der Waals surface area (Å²) in [6, 6.07) is 5.71. The number of benzene rings is 1. The fraction of sp³-hybridized carbons (Fsp3) is 0.588. The maximum Gasteiger partial charge on any atom is 0.251 e. The van der Waals surface area contributed by atoms with Gasteiger partial charge in [-0.25, -0.2) is 0 Å². The molecule has 1 aromatic rings. The molecule has 114 valence electrons. The minimum absolute atomic E-state index is 0.00799. The Labute approximate surface area is 134 Å². The van der Waals surface area contributed by atoms with Gasteiger partial charge in [-0.2, -0.15) is 0 Å². The SMILES string of the molecule is COc1ccc(C(=O)NC(C)C2CC3CCC2C3)cc1Br. The fourth-order valence-electron chi connectivity index (χ4n) is 4.11. The maximum atomic E-state index is 12.4. The minimum atomic E-state index is 0.00799. The van der Waals surface area contributed by atoms with Crippen molar-refractivity contribution < 1.29 is 9.53 Å². The first-order chi connectivity index (χ1) is 10.1. The number of halogens is 1. The topological polar surface area (TPSA) is 38.3 Å². The molecule has 0 heterocycles. The smallest absolute Gasteiger partial charge is 0.251 e. The van der Waals surface area contributed by atoms with E-state index in [4.69, 9.17) is 4.74 Å². The molecule has 4 atom stereocenters. The van der Waals surface area contributed by atoms with Gasteiger partial charge in [-0.3, -0.25) is 4.79 Å². The standard InChI is InChI=1S/C17H22BrNO2/c1-10(14-8-11-3-4-12(14)7-11)19-17(20)13-5-6-16(21-2)15(18)9-13/h5-6,9-12,14H,3-4,7-8H2,1-2H3,(H,19,20). The van der Waals surface area contributed by atoms with Crippen LogP contribution >= 0.6 is 15.9 Å². The number of hydrogen-bond acceptors (Lipinski definition) is 2. The lowest BCUT2D eigenvalue weighted by atomic mass is 9.84. The highest BCUT2D eigenvalue weighted by atomic mass is 79.9. The number of nitrogens with one attached hydrogen (secondary N) is 1. The van der Waals surface area contributed by atoms with Crippen molar-refractivity contribution >= 4 is 21.8 Å². The molecule has 4 heteroatoms. The van der Waals surface area contributed by atoms with Gasteiger partial charge in [0.25, 0.3) is 5.91 Å². The molecule has 2 fully saturated rings. The highest BCUT2D eigenvalue weighted by Crippen LogP contribution is 2.49. The van der Waals surface area contributed by atoms with E-state index in [2.05, 4.69) is 28.2 Å². The summed E-state index contributed by atoms with van der Waals surface area (Å²) in [7, 11) is 1.62. The zero-order valence-corrected chi connectivity index (χ0v) is 14.2. The molecule has 2 bridgehead atoms. The molecule has 1 aromatic carbocycles. The van der Waals surface area contributed by atoms with Gasteiger partial charge in [-0.1, -0.05) is 6.42 Å². The molecule has 1 amide bonds. The molecule has 1 N–H and O–H groups in total. The summed E-state index contributed by atoms with van der Waals surface area (Å²) >= 11 is 3.43. The Hall–Kier alpha value is -1.03. The van der Waals surface area contributed by atoms with Crippen LogP contribution in [0.5, 0.6) is 5.75 Å². The van der Waals surface area contributed by atoms with E-state index in [-0.39, 0.29) is 11.9 Å². The van der Waals surface area contributed by atoms with Crippen LogP contribution in [-0.2, 0) is 0 Å². The summed E-state index contributed by atoms with van der Waals surface area (Å²) in [5, 5.41) is 3.19. The van der Waals surface area contributed by atoms with Gasteiger partial charge >= 0.3 is 0 Å². The van der Waals surface area contributed by atoms with Crippen LogP contribution in [0.1, 0.15) is 43.0 Å². The molecule has 2 aliphatic carbocycles. The van der Waals surface area contributed by atoms with Crippen LogP contribution in [0, 0.1) is 17.8 Å². The van der Waals surface area contributed by atoms with Crippen LogP contribution in [0.4, 0.5) is 0 Å². The van der Waals surface area contributed by atoms with Crippen molar-refractivity contribution in [2.75, 3.05) is 7.11 Å². The summed E-state index contributed by atoms with van der Waals surface area (Å²) in [5.41, 5.74) is 0.678. The number of carbonyl (C=O) groups is 1. The van der Waals surface area contributed by atoms with E-state index in [1.54, 1.807) is 7.11 Å². The van der Waals surface area contributed by atoms with Crippen molar-refractivity contribution in [2.45, 2.75) is 38.6 Å². The number of methoxy groups -OCH3 is 1. The second-order valence-corrected chi connectivity index (χ2v) is 7.30. The quantitative estimate of drug-likeness (QED) is 0.889. The van der Waals surface area contributed by atoms with Crippen LogP contribution in [0.3, 0.4) is 0 Å². The van der Waals surface area contributed by atoms with Crippen LogP contribution in [0.15, 0.2) is 22.7 Å². The Morgan fingerprint density at radius 3 is 2.76 bits per heavy atom. The first-order valence-electron chi connectivity index (χ1n) is 7.73. The van der Waals surface area contributed by atoms with E-state index in [0.29, 0.717) is 11.5 Å².